The van der Waals surface area contributed by atoms with Gasteiger partial charge in [-0.15, -0.1) is 11.8 Å². The van der Waals surface area contributed by atoms with E-state index in [1.54, 1.807) is 25.9 Å². The number of hydrogen-bond acceptors (Lipinski definition) is 6. The molecule has 0 bridgehead atoms. The fourth-order valence-electron chi connectivity index (χ4n) is 6.11. The lowest BCUT2D eigenvalue weighted by atomic mass is 9.51. The van der Waals surface area contributed by atoms with Gasteiger partial charge in [0.15, 0.2) is 0 Å². The van der Waals surface area contributed by atoms with Crippen LogP contribution in [0.3, 0.4) is 0 Å². The van der Waals surface area contributed by atoms with E-state index < -0.39 is 11.4 Å². The SMILES string of the molecule is CCCN(C)C(=O)/C(C(=O)N(C=O)C1CCC2(CC1)CC1(C2)C(=O)N(C)C(=O)N1C)=C(/C)SCC. The van der Waals surface area contributed by atoms with E-state index in [2.05, 4.69) is 0 Å². The summed E-state index contributed by atoms with van der Waals surface area (Å²) >= 11 is 1.43. The molecule has 2 aliphatic carbocycles. The molecule has 0 aromatic heterocycles. The lowest BCUT2D eigenvalue weighted by Gasteiger charge is -2.58. The fourth-order valence-corrected chi connectivity index (χ4v) is 6.86. The summed E-state index contributed by atoms with van der Waals surface area (Å²) in [5.41, 5.74) is -0.741. The molecule has 3 aliphatic rings. The number of thioether (sulfide) groups is 1. The van der Waals surface area contributed by atoms with Crippen LogP contribution >= 0.6 is 11.8 Å². The molecule has 194 valence electrons. The predicted molar refractivity (Wildman–Crippen MR) is 134 cm³/mol. The molecule has 6 amide bonds. The molecule has 3 fully saturated rings. The number of rotatable bonds is 8. The Kier molecular flexibility index (Phi) is 8.03. The van der Waals surface area contributed by atoms with E-state index in [1.807, 2.05) is 13.8 Å². The third-order valence-electron chi connectivity index (χ3n) is 8.06. The number of nitrogens with zero attached hydrogens (tertiary/aromatic N) is 4. The zero-order valence-electron chi connectivity index (χ0n) is 21.8. The number of hydrogen-bond donors (Lipinski definition) is 0. The van der Waals surface area contributed by atoms with Crippen molar-refractivity contribution in [2.24, 2.45) is 5.41 Å². The monoisotopic (exact) mass is 506 g/mol. The molecule has 2 saturated carbocycles. The maximum absolute atomic E-state index is 13.5. The Balaban J connectivity index is 1.72. The molecule has 35 heavy (non-hydrogen) atoms. The second kappa shape index (κ2) is 10.3. The molecule has 1 saturated heterocycles. The Morgan fingerprint density at radius 2 is 1.71 bits per heavy atom. The smallest absolute Gasteiger partial charge is 0.327 e. The molecule has 0 unspecified atom stereocenters. The van der Waals surface area contributed by atoms with E-state index in [1.165, 1.54) is 33.5 Å². The van der Waals surface area contributed by atoms with Gasteiger partial charge >= 0.3 is 6.03 Å². The lowest BCUT2D eigenvalue weighted by Crippen LogP contribution is -2.63. The Morgan fingerprint density at radius 3 is 2.17 bits per heavy atom. The van der Waals surface area contributed by atoms with Crippen molar-refractivity contribution in [1.82, 2.24) is 19.6 Å². The molecular formula is C25H38N4O5S. The van der Waals surface area contributed by atoms with Gasteiger partial charge in [0.1, 0.15) is 11.1 Å². The standard InChI is InChI=1S/C25H38N4O5S/c1-7-13-26(4)20(31)19(17(3)35-8-2)21(32)29(16-30)18-9-11-24(12-10-18)14-25(15-24)22(33)27(5)23(34)28(25)6/h16,18H,7-15H2,1-6H3/b19-17+. The van der Waals surface area contributed by atoms with Crippen LogP contribution in [0.2, 0.25) is 0 Å². The van der Waals surface area contributed by atoms with E-state index >= 15 is 0 Å². The summed E-state index contributed by atoms with van der Waals surface area (Å²) in [6.45, 7) is 6.21. The minimum Gasteiger partial charge on any atom is -0.342 e. The Hall–Kier alpha value is -2.36. The van der Waals surface area contributed by atoms with Gasteiger partial charge in [-0.2, -0.15) is 0 Å². The largest absolute Gasteiger partial charge is 0.342 e. The summed E-state index contributed by atoms with van der Waals surface area (Å²) in [6, 6.07) is -0.559. The first kappa shape index (κ1) is 27.2. The summed E-state index contributed by atoms with van der Waals surface area (Å²) in [4.78, 5) is 69.9. The van der Waals surface area contributed by atoms with E-state index in [0.717, 1.165) is 19.3 Å². The van der Waals surface area contributed by atoms with Crippen molar-refractivity contribution < 1.29 is 24.0 Å². The first-order chi connectivity index (χ1) is 16.5. The fraction of sp³-hybridized carbons (Fsp3) is 0.720. The second-order valence-corrected chi connectivity index (χ2v) is 11.7. The maximum atomic E-state index is 13.5. The topological polar surface area (TPSA) is 98.3 Å². The van der Waals surface area contributed by atoms with Crippen LogP contribution in [0.25, 0.3) is 0 Å². The summed E-state index contributed by atoms with van der Waals surface area (Å²) in [5.74, 6) is -0.314. The molecular weight excluding hydrogens is 468 g/mol. The van der Waals surface area contributed by atoms with Gasteiger partial charge in [-0.05, 0) is 63.0 Å². The molecule has 0 atom stereocenters. The normalized spacial score (nSPS) is 28.8. The van der Waals surface area contributed by atoms with Crippen LogP contribution in [0.5, 0.6) is 0 Å². The zero-order valence-corrected chi connectivity index (χ0v) is 22.6. The molecule has 2 spiro atoms. The van der Waals surface area contributed by atoms with Crippen LogP contribution in [0.15, 0.2) is 10.5 Å². The minimum absolute atomic E-state index is 0.0622. The number of imide groups is 2. The zero-order chi connectivity index (χ0) is 26.1. The third-order valence-corrected chi connectivity index (χ3v) is 8.98. The molecule has 0 N–H and O–H groups in total. The average molecular weight is 507 g/mol. The first-order valence-electron chi connectivity index (χ1n) is 12.4. The van der Waals surface area contributed by atoms with E-state index in [0.29, 0.717) is 49.3 Å². The molecule has 10 heteroatoms. The van der Waals surface area contributed by atoms with Gasteiger partial charge in [0.2, 0.25) is 6.41 Å². The number of carbonyl (C=O) groups excluding carboxylic acids is 5. The van der Waals surface area contributed by atoms with Crippen molar-refractivity contribution in [3.63, 3.8) is 0 Å². The Morgan fingerprint density at radius 1 is 1.11 bits per heavy atom. The summed E-state index contributed by atoms with van der Waals surface area (Å²) in [7, 11) is 4.88. The molecule has 0 aromatic carbocycles. The number of amides is 6. The van der Waals surface area contributed by atoms with Crippen molar-refractivity contribution in [3.05, 3.63) is 10.5 Å². The highest BCUT2D eigenvalue weighted by atomic mass is 32.2. The van der Waals surface area contributed by atoms with Crippen LogP contribution in [0.1, 0.15) is 65.7 Å². The van der Waals surface area contributed by atoms with Gasteiger partial charge in [-0.1, -0.05) is 13.8 Å². The van der Waals surface area contributed by atoms with Crippen molar-refractivity contribution in [3.8, 4) is 0 Å². The van der Waals surface area contributed by atoms with Gasteiger partial charge in [-0.25, -0.2) is 4.79 Å². The number of carbonyl (C=O) groups is 5. The highest BCUT2D eigenvalue weighted by Crippen LogP contribution is 2.60. The predicted octanol–water partition coefficient (Wildman–Crippen LogP) is 2.85. The summed E-state index contributed by atoms with van der Waals surface area (Å²) in [5, 5.41) is 0. The van der Waals surface area contributed by atoms with Crippen molar-refractivity contribution >= 4 is 41.9 Å². The van der Waals surface area contributed by atoms with Crippen LogP contribution < -0.4 is 0 Å². The van der Waals surface area contributed by atoms with Crippen molar-refractivity contribution in [1.29, 1.82) is 0 Å². The van der Waals surface area contributed by atoms with Gasteiger partial charge in [0, 0.05) is 38.6 Å². The van der Waals surface area contributed by atoms with Crippen LogP contribution in [0, 0.1) is 5.41 Å². The Bertz CT molecular complexity index is 932. The van der Waals surface area contributed by atoms with Crippen LogP contribution in [-0.4, -0.2) is 94.8 Å². The lowest BCUT2D eigenvalue weighted by molar-refractivity contribution is -0.150. The van der Waals surface area contributed by atoms with E-state index in [4.69, 9.17) is 0 Å². The molecule has 0 radical (unpaired) electrons. The van der Waals surface area contributed by atoms with Gasteiger partial charge < -0.3 is 9.80 Å². The molecule has 0 aromatic rings. The average Bonchev–Trinajstić information content (AvgIpc) is 2.96. The summed E-state index contributed by atoms with van der Waals surface area (Å²) < 4.78 is 0. The molecule has 1 aliphatic heterocycles. The quantitative estimate of drug-likeness (QED) is 0.165. The number of allylic oxidation sites excluding steroid dienone is 1. The second-order valence-electron chi connectivity index (χ2n) is 10.2. The highest BCUT2D eigenvalue weighted by Gasteiger charge is 2.67. The number of likely N-dealkylation sites (N-methyl/N-ethyl adjacent to an activating group) is 3. The third kappa shape index (κ3) is 4.61. The van der Waals surface area contributed by atoms with E-state index in [9.17, 15) is 24.0 Å². The maximum Gasteiger partial charge on any atom is 0.327 e. The van der Waals surface area contributed by atoms with Gasteiger partial charge in [0.05, 0.1) is 0 Å². The van der Waals surface area contributed by atoms with Gasteiger partial charge in [0.25, 0.3) is 17.7 Å². The molecule has 3 rings (SSSR count). The van der Waals surface area contributed by atoms with E-state index in [-0.39, 0.29) is 34.9 Å². The molecule has 1 heterocycles. The van der Waals surface area contributed by atoms with Crippen LogP contribution in [-0.2, 0) is 19.2 Å². The first-order valence-corrected chi connectivity index (χ1v) is 13.4. The van der Waals surface area contributed by atoms with Crippen molar-refractivity contribution in [2.45, 2.75) is 77.3 Å². The molecule has 9 nitrogen and oxygen atoms in total. The summed E-state index contributed by atoms with van der Waals surface area (Å²) in [6.07, 6.45) is 5.33. The van der Waals surface area contributed by atoms with Crippen molar-refractivity contribution in [2.75, 3.05) is 33.4 Å². The van der Waals surface area contributed by atoms with Crippen LogP contribution in [0.4, 0.5) is 4.79 Å². The number of urea groups is 1. The minimum atomic E-state index is -0.750. The highest BCUT2D eigenvalue weighted by molar-refractivity contribution is 8.03. The Labute approximate surface area is 212 Å². The van der Waals surface area contributed by atoms with Gasteiger partial charge in [-0.3, -0.25) is 29.0 Å².